The van der Waals surface area contributed by atoms with E-state index in [0.717, 1.165) is 7.57 Å². The predicted molar refractivity (Wildman–Crippen MR) is 88.4 cm³/mol. The van der Waals surface area contributed by atoms with Crippen LogP contribution in [0.4, 0.5) is 5.69 Å². The molecule has 0 spiro atoms. The lowest BCUT2D eigenvalue weighted by Crippen LogP contribution is -2.27. The third-order valence-electron chi connectivity index (χ3n) is 2.42. The molecule has 2 rings (SSSR count). The van der Waals surface area contributed by atoms with E-state index in [9.17, 15) is 4.79 Å². The number of amides is 1. The molecule has 7 heteroatoms. The summed E-state index contributed by atoms with van der Waals surface area (Å²) < 4.78 is 7.21. The van der Waals surface area contributed by atoms with Gasteiger partial charge in [-0.15, -0.1) is 11.3 Å². The fourth-order valence-corrected chi connectivity index (χ4v) is 4.32. The molecule has 0 bridgehead atoms. The second-order valence-electron chi connectivity index (χ2n) is 3.91. The van der Waals surface area contributed by atoms with Gasteiger partial charge in [-0.05, 0) is 50.1 Å². The number of nitrogens with one attached hydrogen (secondary N) is 1. The van der Waals surface area contributed by atoms with E-state index in [4.69, 9.17) is 10.5 Å². The minimum absolute atomic E-state index is 0.130. The van der Waals surface area contributed by atoms with Crippen LogP contribution in [0.5, 0.6) is 5.75 Å². The molecule has 1 aromatic heterocycles. The maximum Gasteiger partial charge on any atom is 0.253 e. The normalized spacial score (nSPS) is 10.3. The van der Waals surface area contributed by atoms with Crippen molar-refractivity contribution in [3.05, 3.63) is 43.5 Å². The average Bonchev–Trinajstić information content (AvgIpc) is 2.74. The van der Waals surface area contributed by atoms with E-state index < -0.39 is 0 Å². The molecule has 0 aliphatic rings. The first-order valence-corrected chi connectivity index (χ1v) is 8.18. The summed E-state index contributed by atoms with van der Waals surface area (Å²) in [5.74, 6) is 0.564. The molecule has 0 aliphatic heterocycles. The van der Waals surface area contributed by atoms with Gasteiger partial charge in [-0.1, -0.05) is 6.07 Å². The lowest BCUT2D eigenvalue weighted by molar-refractivity contribution is 0.0946. The van der Waals surface area contributed by atoms with Crippen molar-refractivity contribution in [2.24, 2.45) is 0 Å². The van der Waals surface area contributed by atoms with E-state index in [2.05, 4.69) is 37.2 Å². The molecule has 1 amide bonds. The number of benzene rings is 1. The maximum atomic E-state index is 11.9. The van der Waals surface area contributed by atoms with Crippen LogP contribution >= 0.6 is 43.2 Å². The lowest BCUT2D eigenvalue weighted by Gasteiger charge is -2.08. The Morgan fingerprint density at radius 3 is 2.80 bits per heavy atom. The van der Waals surface area contributed by atoms with Crippen LogP contribution in [-0.2, 0) is 0 Å². The van der Waals surface area contributed by atoms with Crippen LogP contribution in [-0.4, -0.2) is 19.1 Å². The Hall–Kier alpha value is -1.05. The van der Waals surface area contributed by atoms with Crippen LogP contribution in [0.1, 0.15) is 10.4 Å². The first-order chi connectivity index (χ1) is 9.56. The number of carbonyl (C=O) groups excluding carboxylic acids is 1. The third kappa shape index (κ3) is 4.22. The highest BCUT2D eigenvalue weighted by Crippen LogP contribution is 2.31. The first kappa shape index (κ1) is 15.3. The highest BCUT2D eigenvalue weighted by molar-refractivity contribution is 9.12. The van der Waals surface area contributed by atoms with Crippen LogP contribution in [0.25, 0.3) is 0 Å². The van der Waals surface area contributed by atoms with Crippen molar-refractivity contribution in [1.29, 1.82) is 0 Å². The summed E-state index contributed by atoms with van der Waals surface area (Å²) in [7, 11) is 0. The van der Waals surface area contributed by atoms with Crippen molar-refractivity contribution in [1.82, 2.24) is 5.32 Å². The molecule has 2 aromatic rings. The zero-order chi connectivity index (χ0) is 14.5. The Labute approximate surface area is 137 Å². The van der Waals surface area contributed by atoms with Crippen LogP contribution in [0.2, 0.25) is 0 Å². The first-order valence-electron chi connectivity index (χ1n) is 5.77. The quantitative estimate of drug-likeness (QED) is 0.574. The highest BCUT2D eigenvalue weighted by atomic mass is 79.9. The van der Waals surface area contributed by atoms with Crippen LogP contribution in [0, 0.1) is 0 Å². The fourth-order valence-electron chi connectivity index (χ4n) is 1.53. The van der Waals surface area contributed by atoms with Gasteiger partial charge in [0.2, 0.25) is 0 Å². The van der Waals surface area contributed by atoms with Gasteiger partial charge in [0.1, 0.15) is 12.4 Å². The van der Waals surface area contributed by atoms with Gasteiger partial charge in [-0.25, -0.2) is 0 Å². The van der Waals surface area contributed by atoms with E-state index in [0.29, 0.717) is 30.2 Å². The number of anilines is 1. The van der Waals surface area contributed by atoms with E-state index in [-0.39, 0.29) is 5.91 Å². The Morgan fingerprint density at radius 1 is 1.35 bits per heavy atom. The van der Waals surface area contributed by atoms with E-state index in [1.165, 1.54) is 11.3 Å². The van der Waals surface area contributed by atoms with Crippen molar-refractivity contribution in [2.45, 2.75) is 0 Å². The summed E-state index contributed by atoms with van der Waals surface area (Å²) in [6.45, 7) is 0.811. The van der Waals surface area contributed by atoms with E-state index in [1.807, 2.05) is 12.1 Å². The number of carbonyl (C=O) groups is 1. The topological polar surface area (TPSA) is 64.3 Å². The minimum Gasteiger partial charge on any atom is -0.492 e. The van der Waals surface area contributed by atoms with Crippen molar-refractivity contribution in [3.8, 4) is 5.75 Å². The number of thiophene rings is 1. The molecule has 1 aromatic carbocycles. The van der Waals surface area contributed by atoms with Crippen LogP contribution < -0.4 is 15.8 Å². The van der Waals surface area contributed by atoms with Gasteiger partial charge in [-0.2, -0.15) is 0 Å². The zero-order valence-corrected chi connectivity index (χ0v) is 14.3. The van der Waals surface area contributed by atoms with Gasteiger partial charge >= 0.3 is 0 Å². The standard InChI is InChI=1S/C13H12Br2N2O2S/c14-11-7-10(12(15)20-11)13(18)17-4-5-19-9-3-1-2-8(16)6-9/h1-3,6-7H,4-5,16H2,(H,17,18). The van der Waals surface area contributed by atoms with E-state index in [1.54, 1.807) is 18.2 Å². The summed E-state index contributed by atoms with van der Waals surface area (Å²) in [6, 6.07) is 8.96. The van der Waals surface area contributed by atoms with Crippen LogP contribution in [0.3, 0.4) is 0 Å². The molecule has 20 heavy (non-hydrogen) atoms. The minimum atomic E-state index is -0.130. The monoisotopic (exact) mass is 418 g/mol. The van der Waals surface area contributed by atoms with Crippen molar-refractivity contribution in [2.75, 3.05) is 18.9 Å². The van der Waals surface area contributed by atoms with Crippen molar-refractivity contribution in [3.63, 3.8) is 0 Å². The van der Waals surface area contributed by atoms with E-state index >= 15 is 0 Å². The molecule has 0 radical (unpaired) electrons. The van der Waals surface area contributed by atoms with Gasteiger partial charge in [0.25, 0.3) is 5.91 Å². The number of nitrogen functional groups attached to an aromatic ring is 1. The molecular formula is C13H12Br2N2O2S. The lowest BCUT2D eigenvalue weighted by atomic mass is 10.3. The van der Waals surface area contributed by atoms with Gasteiger partial charge in [0, 0.05) is 11.8 Å². The number of nitrogens with two attached hydrogens (primary N) is 1. The molecule has 3 N–H and O–H groups in total. The molecule has 0 atom stereocenters. The number of hydrogen-bond donors (Lipinski definition) is 2. The Balaban J connectivity index is 1.79. The van der Waals surface area contributed by atoms with Gasteiger partial charge in [-0.3, -0.25) is 4.79 Å². The summed E-state index contributed by atoms with van der Waals surface area (Å²) >= 11 is 8.16. The second kappa shape index (κ2) is 7.10. The fraction of sp³-hybridized carbons (Fsp3) is 0.154. The summed E-state index contributed by atoms with van der Waals surface area (Å²) in [5, 5.41) is 2.80. The Bertz CT molecular complexity index is 616. The Kier molecular flexibility index (Phi) is 5.45. The molecule has 0 unspecified atom stereocenters. The predicted octanol–water partition coefficient (Wildman–Crippen LogP) is 3.66. The molecule has 0 saturated heterocycles. The third-order valence-corrected chi connectivity index (χ3v) is 4.76. The van der Waals surface area contributed by atoms with Crippen molar-refractivity contribution < 1.29 is 9.53 Å². The number of hydrogen-bond acceptors (Lipinski definition) is 4. The summed E-state index contributed by atoms with van der Waals surface area (Å²) in [4.78, 5) is 11.9. The molecule has 1 heterocycles. The molecule has 0 fully saturated rings. The van der Waals surface area contributed by atoms with Gasteiger partial charge < -0.3 is 15.8 Å². The van der Waals surface area contributed by atoms with Gasteiger partial charge in [0.05, 0.1) is 19.7 Å². The zero-order valence-electron chi connectivity index (χ0n) is 10.4. The molecule has 4 nitrogen and oxygen atoms in total. The smallest absolute Gasteiger partial charge is 0.253 e. The average molecular weight is 420 g/mol. The molecule has 0 saturated carbocycles. The second-order valence-corrected chi connectivity index (χ2v) is 7.66. The Morgan fingerprint density at radius 2 is 2.15 bits per heavy atom. The molecule has 0 aliphatic carbocycles. The summed E-state index contributed by atoms with van der Waals surface area (Å²) in [6.07, 6.45) is 0. The molecular weight excluding hydrogens is 408 g/mol. The number of ether oxygens (including phenoxy) is 1. The number of rotatable bonds is 5. The molecule has 106 valence electrons. The number of halogens is 2. The highest BCUT2D eigenvalue weighted by Gasteiger charge is 2.12. The largest absolute Gasteiger partial charge is 0.492 e. The SMILES string of the molecule is Nc1cccc(OCCNC(=O)c2cc(Br)sc2Br)c1. The van der Waals surface area contributed by atoms with Crippen molar-refractivity contribution >= 4 is 54.8 Å². The maximum absolute atomic E-state index is 11.9. The van der Waals surface area contributed by atoms with Crippen LogP contribution in [0.15, 0.2) is 37.9 Å². The van der Waals surface area contributed by atoms with Gasteiger partial charge in [0.15, 0.2) is 0 Å². The summed E-state index contributed by atoms with van der Waals surface area (Å²) in [5.41, 5.74) is 6.92.